The predicted molar refractivity (Wildman–Crippen MR) is 74.6 cm³/mol. The van der Waals surface area contributed by atoms with E-state index in [9.17, 15) is 14.4 Å². The third-order valence-electron chi connectivity index (χ3n) is 3.16. The summed E-state index contributed by atoms with van der Waals surface area (Å²) >= 11 is 0. The summed E-state index contributed by atoms with van der Waals surface area (Å²) in [6.07, 6.45) is 0. The zero-order chi connectivity index (χ0) is 16.2. The highest BCUT2D eigenvalue weighted by Crippen LogP contribution is 2.20. The Bertz CT molecular complexity index is 539. The first-order valence-corrected chi connectivity index (χ1v) is 6.29. The Labute approximate surface area is 121 Å². The van der Waals surface area contributed by atoms with Crippen LogP contribution >= 0.6 is 0 Å². The Morgan fingerprint density at radius 3 is 1.90 bits per heavy atom. The van der Waals surface area contributed by atoms with Crippen molar-refractivity contribution >= 4 is 23.6 Å². The van der Waals surface area contributed by atoms with Crippen molar-refractivity contribution in [2.24, 2.45) is 5.92 Å². The Kier molecular flexibility index (Phi) is 5.29. The lowest BCUT2D eigenvalue weighted by molar-refractivity contribution is -0.142. The van der Waals surface area contributed by atoms with Crippen LogP contribution in [0.3, 0.4) is 0 Å². The summed E-state index contributed by atoms with van der Waals surface area (Å²) in [6, 6.07) is 4.71. The number of nitrogens with zero attached hydrogens (tertiary/aromatic N) is 1. The summed E-state index contributed by atoms with van der Waals surface area (Å²) < 4.78 is 0. The zero-order valence-corrected chi connectivity index (χ0v) is 11.7. The van der Waals surface area contributed by atoms with Crippen LogP contribution < -0.4 is 4.90 Å². The SMILES string of the molecule is CC(CN(c1ccc(C(=O)O)cc1)C(C)C(=O)O)C(=O)O. The molecule has 0 aromatic heterocycles. The maximum absolute atomic E-state index is 11.2. The maximum atomic E-state index is 11.2. The van der Waals surface area contributed by atoms with Gasteiger partial charge in [-0.3, -0.25) is 4.79 Å². The Hall–Kier alpha value is -2.57. The average Bonchev–Trinajstić information content (AvgIpc) is 2.43. The van der Waals surface area contributed by atoms with Crippen molar-refractivity contribution in [2.45, 2.75) is 19.9 Å². The van der Waals surface area contributed by atoms with Crippen molar-refractivity contribution in [1.82, 2.24) is 0 Å². The normalized spacial score (nSPS) is 13.2. The van der Waals surface area contributed by atoms with Crippen LogP contribution in [0.5, 0.6) is 0 Å². The summed E-state index contributed by atoms with van der Waals surface area (Å²) in [7, 11) is 0. The third kappa shape index (κ3) is 4.20. The number of hydrogen-bond acceptors (Lipinski definition) is 4. The monoisotopic (exact) mass is 295 g/mol. The number of carbonyl (C=O) groups is 3. The molecule has 0 bridgehead atoms. The van der Waals surface area contributed by atoms with Crippen molar-refractivity contribution < 1.29 is 29.7 Å². The second-order valence-electron chi connectivity index (χ2n) is 4.76. The van der Waals surface area contributed by atoms with E-state index in [1.165, 1.54) is 43.0 Å². The van der Waals surface area contributed by atoms with Crippen molar-refractivity contribution in [3.8, 4) is 0 Å². The van der Waals surface area contributed by atoms with Gasteiger partial charge in [0.15, 0.2) is 0 Å². The summed E-state index contributed by atoms with van der Waals surface area (Å²) in [5, 5.41) is 26.9. The van der Waals surface area contributed by atoms with Crippen molar-refractivity contribution in [3.63, 3.8) is 0 Å². The number of rotatable bonds is 7. The molecule has 3 N–H and O–H groups in total. The van der Waals surface area contributed by atoms with E-state index in [1.807, 2.05) is 0 Å². The summed E-state index contributed by atoms with van der Waals surface area (Å²) in [5.41, 5.74) is 0.538. The quantitative estimate of drug-likeness (QED) is 0.696. The van der Waals surface area contributed by atoms with E-state index >= 15 is 0 Å². The van der Waals surface area contributed by atoms with Crippen LogP contribution in [0.15, 0.2) is 24.3 Å². The molecule has 0 spiro atoms. The predicted octanol–water partition coefficient (Wildman–Crippen LogP) is 1.39. The van der Waals surface area contributed by atoms with Crippen LogP contribution in [0, 0.1) is 5.92 Å². The highest BCUT2D eigenvalue weighted by Gasteiger charge is 2.25. The molecule has 0 heterocycles. The topological polar surface area (TPSA) is 115 Å². The van der Waals surface area contributed by atoms with E-state index in [-0.39, 0.29) is 12.1 Å². The lowest BCUT2D eigenvalue weighted by Crippen LogP contribution is -2.43. The molecule has 0 aliphatic rings. The van der Waals surface area contributed by atoms with Crippen LogP contribution in [-0.4, -0.2) is 45.8 Å². The molecule has 21 heavy (non-hydrogen) atoms. The highest BCUT2D eigenvalue weighted by atomic mass is 16.4. The fourth-order valence-corrected chi connectivity index (χ4v) is 1.79. The van der Waals surface area contributed by atoms with Crippen molar-refractivity contribution in [3.05, 3.63) is 29.8 Å². The van der Waals surface area contributed by atoms with Crippen LogP contribution in [0.2, 0.25) is 0 Å². The molecule has 2 unspecified atom stereocenters. The van der Waals surface area contributed by atoms with E-state index in [0.29, 0.717) is 5.69 Å². The molecule has 0 saturated heterocycles. The number of carboxylic acids is 3. The molecule has 0 saturated carbocycles. The molecule has 1 aromatic carbocycles. The number of benzene rings is 1. The highest BCUT2D eigenvalue weighted by molar-refractivity contribution is 5.88. The van der Waals surface area contributed by atoms with Gasteiger partial charge in [-0.25, -0.2) is 9.59 Å². The Morgan fingerprint density at radius 2 is 1.52 bits per heavy atom. The number of hydrogen-bond donors (Lipinski definition) is 3. The van der Waals surface area contributed by atoms with Crippen molar-refractivity contribution in [2.75, 3.05) is 11.4 Å². The fraction of sp³-hybridized carbons (Fsp3) is 0.357. The van der Waals surface area contributed by atoms with Gasteiger partial charge in [0.1, 0.15) is 6.04 Å². The third-order valence-corrected chi connectivity index (χ3v) is 3.16. The van der Waals surface area contributed by atoms with Crippen LogP contribution in [-0.2, 0) is 9.59 Å². The zero-order valence-electron chi connectivity index (χ0n) is 11.7. The van der Waals surface area contributed by atoms with Gasteiger partial charge >= 0.3 is 17.9 Å². The van der Waals surface area contributed by atoms with Gasteiger partial charge in [0.05, 0.1) is 11.5 Å². The summed E-state index contributed by atoms with van der Waals surface area (Å²) in [4.78, 5) is 34.3. The molecule has 0 aliphatic heterocycles. The van der Waals surface area contributed by atoms with E-state index < -0.39 is 29.9 Å². The minimum Gasteiger partial charge on any atom is -0.481 e. The minimum absolute atomic E-state index is 0.00914. The van der Waals surface area contributed by atoms with E-state index in [4.69, 9.17) is 15.3 Å². The van der Waals surface area contributed by atoms with Gasteiger partial charge in [-0.15, -0.1) is 0 Å². The number of carboxylic acid groups (broad SMARTS) is 3. The molecule has 1 aromatic rings. The molecule has 0 radical (unpaired) electrons. The molecule has 0 aliphatic carbocycles. The standard InChI is InChI=1S/C14H17NO6/c1-8(12(16)17)7-15(9(2)13(18)19)11-5-3-10(4-6-11)14(20)21/h3-6,8-9H,7H2,1-2H3,(H,16,17)(H,18,19)(H,20,21). The summed E-state index contributed by atoms with van der Waals surface area (Å²) in [6.45, 7) is 2.94. The molecule has 0 amide bonds. The van der Waals surface area contributed by atoms with Gasteiger partial charge in [-0.05, 0) is 31.2 Å². The lowest BCUT2D eigenvalue weighted by Gasteiger charge is -2.30. The van der Waals surface area contributed by atoms with Crippen LogP contribution in [0.4, 0.5) is 5.69 Å². The first kappa shape index (κ1) is 16.5. The summed E-state index contributed by atoms with van der Waals surface area (Å²) in [5.74, 6) is -3.96. The Morgan fingerprint density at radius 1 is 1.00 bits per heavy atom. The van der Waals surface area contributed by atoms with Gasteiger partial charge in [0.25, 0.3) is 0 Å². The first-order valence-electron chi connectivity index (χ1n) is 6.29. The number of anilines is 1. The van der Waals surface area contributed by atoms with Crippen LogP contribution in [0.25, 0.3) is 0 Å². The minimum atomic E-state index is -1.09. The molecule has 114 valence electrons. The van der Waals surface area contributed by atoms with Gasteiger partial charge < -0.3 is 20.2 Å². The van der Waals surface area contributed by atoms with Crippen molar-refractivity contribution in [1.29, 1.82) is 0 Å². The van der Waals surface area contributed by atoms with Crippen LogP contribution in [0.1, 0.15) is 24.2 Å². The van der Waals surface area contributed by atoms with Gasteiger partial charge in [0, 0.05) is 12.2 Å². The van der Waals surface area contributed by atoms with Gasteiger partial charge in [-0.2, -0.15) is 0 Å². The van der Waals surface area contributed by atoms with Gasteiger partial charge in [-0.1, -0.05) is 6.92 Å². The number of aromatic carboxylic acids is 1. The molecule has 7 nitrogen and oxygen atoms in total. The molecule has 1 rings (SSSR count). The molecular weight excluding hydrogens is 278 g/mol. The van der Waals surface area contributed by atoms with E-state index in [1.54, 1.807) is 0 Å². The lowest BCUT2D eigenvalue weighted by atomic mass is 10.1. The smallest absolute Gasteiger partial charge is 0.335 e. The molecule has 2 atom stereocenters. The second-order valence-corrected chi connectivity index (χ2v) is 4.76. The second kappa shape index (κ2) is 6.74. The number of aliphatic carboxylic acids is 2. The van der Waals surface area contributed by atoms with E-state index in [0.717, 1.165) is 0 Å². The van der Waals surface area contributed by atoms with Gasteiger partial charge in [0.2, 0.25) is 0 Å². The maximum Gasteiger partial charge on any atom is 0.335 e. The fourth-order valence-electron chi connectivity index (χ4n) is 1.79. The largest absolute Gasteiger partial charge is 0.481 e. The Balaban J connectivity index is 3.08. The average molecular weight is 295 g/mol. The molecule has 7 heteroatoms. The molecule has 0 fully saturated rings. The molecular formula is C14H17NO6. The first-order chi connectivity index (χ1) is 9.73. The van der Waals surface area contributed by atoms with E-state index in [2.05, 4.69) is 0 Å².